The van der Waals surface area contributed by atoms with Crippen molar-refractivity contribution < 1.29 is 22.7 Å². The highest BCUT2D eigenvalue weighted by atomic mass is 32.2. The summed E-state index contributed by atoms with van der Waals surface area (Å²) >= 11 is 0. The topological polar surface area (TPSA) is 104 Å². The van der Waals surface area contributed by atoms with E-state index in [0.717, 1.165) is 4.31 Å². The molecule has 0 aliphatic carbocycles. The molecule has 8 nitrogen and oxygen atoms in total. The Morgan fingerprint density at radius 1 is 1.43 bits per heavy atom. The molecule has 1 amide bonds. The molecule has 2 rings (SSSR count). The molecular weight excluding hydrogens is 322 g/mol. The van der Waals surface area contributed by atoms with E-state index in [1.54, 1.807) is 6.92 Å². The van der Waals surface area contributed by atoms with Gasteiger partial charge in [0.05, 0.1) is 17.6 Å². The zero-order valence-electron chi connectivity index (χ0n) is 13.8. The van der Waals surface area contributed by atoms with Crippen LogP contribution in [0.5, 0.6) is 0 Å². The Kier molecular flexibility index (Phi) is 5.12. The van der Waals surface area contributed by atoms with Gasteiger partial charge in [0.2, 0.25) is 15.8 Å². The van der Waals surface area contributed by atoms with Gasteiger partial charge in [0, 0.05) is 39.5 Å². The SMILES string of the molecule is CCc1nc(C)c(C(=O)N2C[C@@H](CS(=O)(=O)N(C)C)[C@@H](O)C2)o1. The van der Waals surface area contributed by atoms with Gasteiger partial charge in [0.25, 0.3) is 5.91 Å². The van der Waals surface area contributed by atoms with Gasteiger partial charge < -0.3 is 14.4 Å². The highest BCUT2D eigenvalue weighted by Gasteiger charge is 2.38. The van der Waals surface area contributed by atoms with Crippen LogP contribution < -0.4 is 0 Å². The Morgan fingerprint density at radius 3 is 2.61 bits per heavy atom. The third-order valence-corrected chi connectivity index (χ3v) is 5.97. The zero-order valence-corrected chi connectivity index (χ0v) is 14.6. The van der Waals surface area contributed by atoms with Gasteiger partial charge in [-0.25, -0.2) is 17.7 Å². The van der Waals surface area contributed by atoms with E-state index in [1.165, 1.54) is 19.0 Å². The summed E-state index contributed by atoms with van der Waals surface area (Å²) in [5.41, 5.74) is 0.505. The van der Waals surface area contributed by atoms with Crippen molar-refractivity contribution in [3.63, 3.8) is 0 Å². The molecule has 1 saturated heterocycles. The van der Waals surface area contributed by atoms with E-state index in [4.69, 9.17) is 4.42 Å². The van der Waals surface area contributed by atoms with Crippen LogP contribution in [-0.4, -0.2) is 72.7 Å². The number of oxazole rings is 1. The number of rotatable bonds is 5. The maximum Gasteiger partial charge on any atom is 0.291 e. The lowest BCUT2D eigenvalue weighted by Crippen LogP contribution is -2.33. The highest BCUT2D eigenvalue weighted by molar-refractivity contribution is 7.89. The van der Waals surface area contributed by atoms with E-state index < -0.39 is 22.0 Å². The first-order valence-corrected chi connectivity index (χ1v) is 9.10. The van der Waals surface area contributed by atoms with Crippen LogP contribution in [-0.2, 0) is 16.4 Å². The molecule has 23 heavy (non-hydrogen) atoms. The second kappa shape index (κ2) is 6.58. The molecule has 1 aliphatic rings. The predicted octanol–water partition coefficient (Wildman–Crippen LogP) is -0.130. The molecule has 1 aromatic rings. The summed E-state index contributed by atoms with van der Waals surface area (Å²) in [6.07, 6.45) is -0.289. The van der Waals surface area contributed by atoms with Crippen molar-refractivity contribution in [1.82, 2.24) is 14.2 Å². The van der Waals surface area contributed by atoms with Crippen molar-refractivity contribution in [3.05, 3.63) is 17.3 Å². The van der Waals surface area contributed by atoms with Crippen LogP contribution in [0.4, 0.5) is 0 Å². The second-order valence-corrected chi connectivity index (χ2v) is 8.20. The van der Waals surface area contributed by atoms with Gasteiger partial charge in [0.15, 0.2) is 5.89 Å². The molecule has 2 atom stereocenters. The first-order chi connectivity index (χ1) is 10.7. The van der Waals surface area contributed by atoms with Crippen LogP contribution in [0.25, 0.3) is 0 Å². The number of aryl methyl sites for hydroxylation is 2. The Balaban J connectivity index is 2.11. The molecule has 1 fully saturated rings. The van der Waals surface area contributed by atoms with Crippen molar-refractivity contribution in [2.75, 3.05) is 32.9 Å². The number of likely N-dealkylation sites (tertiary alicyclic amines) is 1. The number of aliphatic hydroxyl groups excluding tert-OH is 1. The molecule has 9 heteroatoms. The summed E-state index contributed by atoms with van der Waals surface area (Å²) in [5, 5.41) is 10.1. The molecule has 0 unspecified atom stereocenters. The van der Waals surface area contributed by atoms with Crippen molar-refractivity contribution >= 4 is 15.9 Å². The highest BCUT2D eigenvalue weighted by Crippen LogP contribution is 2.23. The minimum Gasteiger partial charge on any atom is -0.435 e. The largest absolute Gasteiger partial charge is 0.435 e. The number of nitrogens with zero attached hydrogens (tertiary/aromatic N) is 3. The van der Waals surface area contributed by atoms with Crippen LogP contribution in [0, 0.1) is 12.8 Å². The van der Waals surface area contributed by atoms with Crippen LogP contribution in [0.2, 0.25) is 0 Å². The quantitative estimate of drug-likeness (QED) is 0.797. The van der Waals surface area contributed by atoms with E-state index in [-0.39, 0.29) is 30.5 Å². The van der Waals surface area contributed by atoms with E-state index >= 15 is 0 Å². The second-order valence-electron chi connectivity index (χ2n) is 5.97. The lowest BCUT2D eigenvalue weighted by atomic mass is 10.1. The summed E-state index contributed by atoms with van der Waals surface area (Å²) in [4.78, 5) is 18.1. The van der Waals surface area contributed by atoms with Gasteiger partial charge in [-0.2, -0.15) is 0 Å². The maximum atomic E-state index is 12.5. The summed E-state index contributed by atoms with van der Waals surface area (Å²) in [6.45, 7) is 3.83. The Bertz CT molecular complexity index is 683. The van der Waals surface area contributed by atoms with Crippen LogP contribution >= 0.6 is 0 Å². The van der Waals surface area contributed by atoms with Gasteiger partial charge in [0.1, 0.15) is 0 Å². The molecule has 0 spiro atoms. The summed E-state index contributed by atoms with van der Waals surface area (Å²) in [5.74, 6) is -0.429. The standard InChI is InChI=1S/C14H23N3O5S/c1-5-12-15-9(2)13(22-12)14(19)17-6-10(11(18)7-17)8-23(20,21)16(3)4/h10-11,18H,5-8H2,1-4H3/t10-,11-/m0/s1. The van der Waals surface area contributed by atoms with E-state index in [9.17, 15) is 18.3 Å². The van der Waals surface area contributed by atoms with Crippen LogP contribution in [0.1, 0.15) is 29.1 Å². The molecule has 0 saturated carbocycles. The maximum absolute atomic E-state index is 12.5. The van der Waals surface area contributed by atoms with Crippen molar-refractivity contribution in [2.24, 2.45) is 5.92 Å². The number of sulfonamides is 1. The third-order valence-electron chi connectivity index (χ3n) is 4.01. The van der Waals surface area contributed by atoms with Gasteiger partial charge in [-0.05, 0) is 6.92 Å². The molecule has 1 aliphatic heterocycles. The molecule has 1 aromatic heterocycles. The number of aromatic nitrogens is 1. The van der Waals surface area contributed by atoms with Crippen molar-refractivity contribution in [1.29, 1.82) is 0 Å². The molecular formula is C14H23N3O5S. The van der Waals surface area contributed by atoms with Gasteiger partial charge in [-0.3, -0.25) is 4.79 Å². The number of aliphatic hydroxyl groups is 1. The van der Waals surface area contributed by atoms with E-state index in [1.807, 2.05) is 6.92 Å². The van der Waals surface area contributed by atoms with Crippen LogP contribution in [0.15, 0.2) is 4.42 Å². The summed E-state index contributed by atoms with van der Waals surface area (Å²) in [6, 6.07) is 0. The number of hydrogen-bond acceptors (Lipinski definition) is 6. The normalized spacial score (nSPS) is 22.1. The van der Waals surface area contributed by atoms with Gasteiger partial charge >= 0.3 is 0 Å². The first kappa shape index (κ1) is 17.9. The van der Waals surface area contributed by atoms with E-state index in [2.05, 4.69) is 4.98 Å². The zero-order chi connectivity index (χ0) is 17.4. The number of carbonyl (C=O) groups is 1. The molecule has 130 valence electrons. The molecule has 2 heterocycles. The lowest BCUT2D eigenvalue weighted by molar-refractivity contribution is 0.0731. The predicted molar refractivity (Wildman–Crippen MR) is 83.5 cm³/mol. The summed E-state index contributed by atoms with van der Waals surface area (Å²) < 4.78 is 30.5. The number of carbonyl (C=O) groups excluding carboxylic acids is 1. The number of β-amino-alcohol motifs (C(OH)–C–C–N with tert-alkyl or cyclic N) is 1. The molecule has 0 radical (unpaired) electrons. The summed E-state index contributed by atoms with van der Waals surface area (Å²) in [7, 11) is -0.540. The van der Waals surface area contributed by atoms with Gasteiger partial charge in [-0.1, -0.05) is 6.92 Å². The lowest BCUT2D eigenvalue weighted by Gasteiger charge is -2.17. The van der Waals surface area contributed by atoms with E-state index in [0.29, 0.717) is 18.0 Å². The average Bonchev–Trinajstić information content (AvgIpc) is 3.01. The Morgan fingerprint density at radius 2 is 2.09 bits per heavy atom. The monoisotopic (exact) mass is 345 g/mol. The smallest absolute Gasteiger partial charge is 0.291 e. The minimum absolute atomic E-state index is 0.0913. The Hall–Kier alpha value is -1.45. The van der Waals surface area contributed by atoms with Crippen molar-refractivity contribution in [3.8, 4) is 0 Å². The third kappa shape index (κ3) is 3.73. The Labute approximate surface area is 136 Å². The number of amides is 1. The van der Waals surface area contributed by atoms with Crippen LogP contribution in [0.3, 0.4) is 0 Å². The molecule has 0 aromatic carbocycles. The average molecular weight is 345 g/mol. The first-order valence-electron chi connectivity index (χ1n) is 7.49. The number of hydrogen-bond donors (Lipinski definition) is 1. The fourth-order valence-corrected chi connectivity index (χ4v) is 3.72. The fraction of sp³-hybridized carbons (Fsp3) is 0.714. The van der Waals surface area contributed by atoms with Crippen molar-refractivity contribution in [2.45, 2.75) is 26.4 Å². The molecule has 1 N–H and O–H groups in total. The fourth-order valence-electron chi connectivity index (χ4n) is 2.55. The van der Waals surface area contributed by atoms with Gasteiger partial charge in [-0.15, -0.1) is 0 Å². The molecule has 0 bridgehead atoms. The minimum atomic E-state index is -3.44.